The fraction of sp³-hybridized carbons (Fsp3) is 0.714. The van der Waals surface area contributed by atoms with E-state index >= 15 is 0 Å². The van der Waals surface area contributed by atoms with Crippen LogP contribution in [0.4, 0.5) is 11.8 Å². The molecule has 98 valence electrons. The lowest BCUT2D eigenvalue weighted by molar-refractivity contribution is 0.434. The quantitative estimate of drug-likeness (QED) is 0.857. The average Bonchev–Trinajstić information content (AvgIpc) is 2.95. The Hall–Kier alpha value is -1.32. The largest absolute Gasteiger partial charge is 0.370 e. The monoisotopic (exact) mass is 246 g/mol. The van der Waals surface area contributed by atoms with Gasteiger partial charge in [0.25, 0.3) is 0 Å². The van der Waals surface area contributed by atoms with E-state index in [9.17, 15) is 0 Å². The van der Waals surface area contributed by atoms with Crippen LogP contribution in [0.2, 0.25) is 0 Å². The molecule has 1 aromatic heterocycles. The van der Waals surface area contributed by atoms with Crippen molar-refractivity contribution in [3.63, 3.8) is 0 Å². The maximum atomic E-state index is 4.51. The molecule has 2 N–H and O–H groups in total. The second kappa shape index (κ2) is 5.12. The second-order valence-electron chi connectivity index (χ2n) is 5.48. The van der Waals surface area contributed by atoms with Crippen LogP contribution in [-0.2, 0) is 0 Å². The normalized spacial score (nSPS) is 30.2. The van der Waals surface area contributed by atoms with Gasteiger partial charge in [-0.1, -0.05) is 12.8 Å². The fourth-order valence-electron chi connectivity index (χ4n) is 3.61. The summed E-state index contributed by atoms with van der Waals surface area (Å²) in [6, 6.07) is 2.51. The Morgan fingerprint density at radius 3 is 3.11 bits per heavy atom. The molecule has 4 nitrogen and oxygen atoms in total. The Kier molecular flexibility index (Phi) is 3.35. The molecular weight excluding hydrogens is 224 g/mol. The van der Waals surface area contributed by atoms with Crippen molar-refractivity contribution in [1.82, 2.24) is 9.97 Å². The molecule has 0 spiro atoms. The van der Waals surface area contributed by atoms with Crippen molar-refractivity contribution in [2.75, 3.05) is 17.2 Å². The molecule has 2 aliphatic rings. The predicted molar refractivity (Wildman–Crippen MR) is 73.7 cm³/mol. The molecule has 0 saturated heterocycles. The van der Waals surface area contributed by atoms with Gasteiger partial charge in [0.2, 0.25) is 5.95 Å². The molecule has 0 unspecified atom stereocenters. The molecule has 0 amide bonds. The molecule has 2 fully saturated rings. The fourth-order valence-corrected chi connectivity index (χ4v) is 3.61. The first-order valence-corrected chi connectivity index (χ1v) is 7.20. The number of hydrogen-bond acceptors (Lipinski definition) is 4. The summed E-state index contributed by atoms with van der Waals surface area (Å²) in [5, 5.41) is 6.78. The zero-order valence-electron chi connectivity index (χ0n) is 11.0. The Balaban J connectivity index is 1.67. The van der Waals surface area contributed by atoms with Crippen molar-refractivity contribution < 1.29 is 0 Å². The minimum Gasteiger partial charge on any atom is -0.370 e. The molecule has 1 heterocycles. The van der Waals surface area contributed by atoms with Gasteiger partial charge >= 0.3 is 0 Å². The number of rotatable bonds is 4. The summed E-state index contributed by atoms with van der Waals surface area (Å²) in [6.07, 6.45) is 8.72. The third-order valence-electron chi connectivity index (χ3n) is 4.41. The first kappa shape index (κ1) is 11.8. The van der Waals surface area contributed by atoms with Gasteiger partial charge in [-0.3, -0.25) is 0 Å². The lowest BCUT2D eigenvalue weighted by Gasteiger charge is -2.20. The lowest BCUT2D eigenvalue weighted by Crippen LogP contribution is -2.25. The summed E-state index contributed by atoms with van der Waals surface area (Å²) < 4.78 is 0. The van der Waals surface area contributed by atoms with Crippen LogP contribution in [0.15, 0.2) is 12.3 Å². The molecule has 0 aromatic carbocycles. The van der Waals surface area contributed by atoms with Crippen LogP contribution in [0.5, 0.6) is 0 Å². The summed E-state index contributed by atoms with van der Waals surface area (Å²) in [5.74, 6) is 3.51. The van der Waals surface area contributed by atoms with E-state index in [1.54, 1.807) is 0 Å². The van der Waals surface area contributed by atoms with Crippen LogP contribution in [0.3, 0.4) is 0 Å². The van der Waals surface area contributed by atoms with Crippen LogP contribution < -0.4 is 10.6 Å². The van der Waals surface area contributed by atoms with Crippen LogP contribution >= 0.6 is 0 Å². The summed E-state index contributed by atoms with van der Waals surface area (Å²) in [5.41, 5.74) is 0. The molecule has 2 saturated carbocycles. The number of nitrogens with zero attached hydrogens (tertiary/aromatic N) is 2. The van der Waals surface area contributed by atoms with E-state index in [1.807, 2.05) is 12.3 Å². The highest BCUT2D eigenvalue weighted by molar-refractivity contribution is 5.40. The maximum Gasteiger partial charge on any atom is 0.224 e. The van der Waals surface area contributed by atoms with E-state index in [0.29, 0.717) is 6.04 Å². The Morgan fingerprint density at radius 1 is 1.28 bits per heavy atom. The third kappa shape index (κ3) is 2.28. The van der Waals surface area contributed by atoms with Crippen molar-refractivity contribution >= 4 is 11.8 Å². The molecule has 4 heteroatoms. The van der Waals surface area contributed by atoms with Crippen LogP contribution in [0.1, 0.15) is 39.0 Å². The van der Waals surface area contributed by atoms with Gasteiger partial charge in [-0.05, 0) is 44.1 Å². The summed E-state index contributed by atoms with van der Waals surface area (Å²) >= 11 is 0. The van der Waals surface area contributed by atoms with Crippen LogP contribution in [-0.4, -0.2) is 22.6 Å². The Labute approximate surface area is 109 Å². The van der Waals surface area contributed by atoms with E-state index in [1.165, 1.54) is 32.1 Å². The van der Waals surface area contributed by atoms with Gasteiger partial charge in [-0.15, -0.1) is 0 Å². The molecule has 18 heavy (non-hydrogen) atoms. The topological polar surface area (TPSA) is 49.8 Å². The minimum atomic E-state index is 0.592. The Morgan fingerprint density at radius 2 is 2.22 bits per heavy atom. The SMILES string of the molecule is CCNc1ccnc(N[C@@H]2CC[C@H]3CCC[C@H]32)n1. The van der Waals surface area contributed by atoms with Crippen molar-refractivity contribution in [2.24, 2.45) is 11.8 Å². The molecular formula is C14H22N4. The highest BCUT2D eigenvalue weighted by Gasteiger charge is 2.39. The Bertz CT molecular complexity index is 407. The van der Waals surface area contributed by atoms with Crippen molar-refractivity contribution in [3.8, 4) is 0 Å². The molecule has 0 radical (unpaired) electrons. The molecule has 3 atom stereocenters. The van der Waals surface area contributed by atoms with E-state index in [2.05, 4.69) is 27.5 Å². The highest BCUT2D eigenvalue weighted by Crippen LogP contribution is 2.44. The van der Waals surface area contributed by atoms with Gasteiger partial charge in [-0.2, -0.15) is 4.98 Å². The number of hydrogen-bond donors (Lipinski definition) is 2. The van der Waals surface area contributed by atoms with Gasteiger partial charge in [0.1, 0.15) is 5.82 Å². The zero-order valence-corrected chi connectivity index (χ0v) is 11.0. The van der Waals surface area contributed by atoms with Crippen LogP contribution in [0, 0.1) is 11.8 Å². The van der Waals surface area contributed by atoms with E-state index < -0.39 is 0 Å². The number of fused-ring (bicyclic) bond motifs is 1. The molecule has 2 aliphatic carbocycles. The molecule has 3 rings (SSSR count). The number of aromatic nitrogens is 2. The van der Waals surface area contributed by atoms with Crippen LogP contribution in [0.25, 0.3) is 0 Å². The van der Waals surface area contributed by atoms with Crippen molar-refractivity contribution in [2.45, 2.75) is 45.1 Å². The summed E-state index contributed by atoms with van der Waals surface area (Å²) in [4.78, 5) is 8.84. The zero-order chi connectivity index (χ0) is 12.4. The lowest BCUT2D eigenvalue weighted by atomic mass is 9.98. The van der Waals surface area contributed by atoms with Gasteiger partial charge in [0, 0.05) is 18.8 Å². The first-order chi connectivity index (χ1) is 8.86. The standard InChI is InChI=1S/C14H22N4/c1-2-15-13-8-9-16-14(18-13)17-12-7-6-10-4-3-5-11(10)12/h8-12H,2-7H2,1H3,(H2,15,16,17,18)/t10-,11-,12-/m1/s1. The summed E-state index contributed by atoms with van der Waals surface area (Å²) in [7, 11) is 0. The second-order valence-corrected chi connectivity index (χ2v) is 5.48. The highest BCUT2D eigenvalue weighted by atomic mass is 15.2. The average molecular weight is 246 g/mol. The van der Waals surface area contributed by atoms with Gasteiger partial charge in [-0.25, -0.2) is 4.98 Å². The number of anilines is 2. The van der Waals surface area contributed by atoms with Gasteiger partial charge in [0.15, 0.2) is 0 Å². The van der Waals surface area contributed by atoms with E-state index in [0.717, 1.165) is 30.1 Å². The number of nitrogens with one attached hydrogen (secondary N) is 2. The third-order valence-corrected chi connectivity index (χ3v) is 4.41. The predicted octanol–water partition coefficient (Wildman–Crippen LogP) is 2.90. The molecule has 1 aromatic rings. The smallest absolute Gasteiger partial charge is 0.224 e. The summed E-state index contributed by atoms with van der Waals surface area (Å²) in [6.45, 7) is 2.97. The van der Waals surface area contributed by atoms with E-state index in [4.69, 9.17) is 0 Å². The van der Waals surface area contributed by atoms with Gasteiger partial charge in [0.05, 0.1) is 0 Å². The van der Waals surface area contributed by atoms with Crippen molar-refractivity contribution in [3.05, 3.63) is 12.3 Å². The first-order valence-electron chi connectivity index (χ1n) is 7.20. The molecule has 0 aliphatic heterocycles. The van der Waals surface area contributed by atoms with Crippen molar-refractivity contribution in [1.29, 1.82) is 0 Å². The molecule has 0 bridgehead atoms. The van der Waals surface area contributed by atoms with Gasteiger partial charge < -0.3 is 10.6 Å². The maximum absolute atomic E-state index is 4.51. The minimum absolute atomic E-state index is 0.592. The van der Waals surface area contributed by atoms with E-state index in [-0.39, 0.29) is 0 Å².